The largest absolute Gasteiger partial charge is 0.323 e. The maximum Gasteiger partial charge on any atom is 0.242 e. The molecule has 3 rings (SSSR count). The predicted octanol–water partition coefficient (Wildman–Crippen LogP) is 6.47. The van der Waals surface area contributed by atoms with Crippen molar-refractivity contribution in [2.75, 3.05) is 5.32 Å². The lowest BCUT2D eigenvalue weighted by Gasteiger charge is -2.18. The van der Waals surface area contributed by atoms with Crippen LogP contribution in [0.1, 0.15) is 10.8 Å². The lowest BCUT2D eigenvalue weighted by atomic mass is 10.1. The fourth-order valence-electron chi connectivity index (χ4n) is 2.33. The summed E-state index contributed by atoms with van der Waals surface area (Å²) in [5.41, 5.74) is 1.43. The Kier molecular flexibility index (Phi) is 6.03. The molecule has 0 bridgehead atoms. The molecule has 0 saturated carbocycles. The monoisotopic (exact) mass is 387 g/mol. The lowest BCUT2D eigenvalue weighted by Crippen LogP contribution is -2.19. The minimum absolute atomic E-state index is 0.149. The number of rotatable bonds is 5. The van der Waals surface area contributed by atoms with Gasteiger partial charge in [-0.1, -0.05) is 77.8 Å². The minimum atomic E-state index is -0.404. The first-order valence-electron chi connectivity index (χ1n) is 7.66. The molecule has 1 atom stereocenters. The Morgan fingerprint density at radius 3 is 2.16 bits per heavy atom. The minimum Gasteiger partial charge on any atom is -0.323 e. The van der Waals surface area contributed by atoms with Crippen molar-refractivity contribution in [1.82, 2.24) is 0 Å². The van der Waals surface area contributed by atoms with Crippen LogP contribution >= 0.6 is 35.0 Å². The van der Waals surface area contributed by atoms with Crippen molar-refractivity contribution in [2.45, 2.75) is 10.1 Å². The summed E-state index contributed by atoms with van der Waals surface area (Å²) in [5, 5.41) is 3.24. The molecule has 0 aliphatic carbocycles. The molecule has 0 radical (unpaired) electrons. The van der Waals surface area contributed by atoms with E-state index in [0.717, 1.165) is 10.5 Å². The SMILES string of the molecule is O=C(Nc1cccc(Cl)c1Cl)[C@@H](Sc1ccccc1)c1ccccc1. The zero-order valence-corrected chi connectivity index (χ0v) is 15.5. The molecule has 3 aromatic rings. The highest BCUT2D eigenvalue weighted by atomic mass is 35.5. The second-order valence-corrected chi connectivity index (χ2v) is 7.28. The lowest BCUT2D eigenvalue weighted by molar-refractivity contribution is -0.115. The Morgan fingerprint density at radius 2 is 1.48 bits per heavy atom. The molecule has 1 amide bonds. The molecule has 126 valence electrons. The van der Waals surface area contributed by atoms with E-state index in [1.165, 1.54) is 11.8 Å². The number of thioether (sulfide) groups is 1. The van der Waals surface area contributed by atoms with Crippen molar-refractivity contribution in [3.8, 4) is 0 Å². The van der Waals surface area contributed by atoms with Crippen LogP contribution in [0, 0.1) is 0 Å². The van der Waals surface area contributed by atoms with E-state index in [1.54, 1.807) is 18.2 Å². The molecule has 0 aliphatic rings. The van der Waals surface area contributed by atoms with Crippen molar-refractivity contribution in [3.63, 3.8) is 0 Å². The van der Waals surface area contributed by atoms with Crippen molar-refractivity contribution in [3.05, 3.63) is 94.5 Å². The smallest absolute Gasteiger partial charge is 0.242 e. The third-order valence-corrected chi connectivity index (χ3v) is 5.63. The molecular formula is C20H15Cl2NOS. The third-order valence-electron chi connectivity index (χ3n) is 3.55. The number of halogens is 2. The molecule has 3 aromatic carbocycles. The van der Waals surface area contributed by atoms with Crippen LogP contribution in [0.25, 0.3) is 0 Å². The molecule has 1 N–H and O–H groups in total. The second kappa shape index (κ2) is 8.43. The van der Waals surface area contributed by atoms with E-state index in [0.29, 0.717) is 15.7 Å². The van der Waals surface area contributed by atoms with Gasteiger partial charge in [0.05, 0.1) is 15.7 Å². The van der Waals surface area contributed by atoms with Gasteiger partial charge >= 0.3 is 0 Å². The van der Waals surface area contributed by atoms with Crippen LogP contribution in [0.5, 0.6) is 0 Å². The average molecular weight is 388 g/mol. The molecule has 0 unspecified atom stereocenters. The van der Waals surface area contributed by atoms with E-state index < -0.39 is 5.25 Å². The summed E-state index contributed by atoms with van der Waals surface area (Å²) in [5.74, 6) is -0.149. The number of hydrogen-bond donors (Lipinski definition) is 1. The first kappa shape index (κ1) is 17.9. The third kappa shape index (κ3) is 4.57. The number of amides is 1. The van der Waals surface area contributed by atoms with E-state index in [2.05, 4.69) is 5.32 Å². The first-order valence-corrected chi connectivity index (χ1v) is 9.30. The summed E-state index contributed by atoms with van der Waals surface area (Å²) in [6.07, 6.45) is 0. The van der Waals surface area contributed by atoms with Crippen molar-refractivity contribution in [1.29, 1.82) is 0 Å². The quantitative estimate of drug-likeness (QED) is 0.508. The average Bonchev–Trinajstić information content (AvgIpc) is 2.65. The zero-order valence-electron chi connectivity index (χ0n) is 13.2. The molecule has 0 heterocycles. The standard InChI is InChI=1S/C20H15Cl2NOS/c21-16-12-7-13-17(18(16)22)23-20(24)19(14-8-3-1-4-9-14)25-15-10-5-2-6-11-15/h1-13,19H,(H,23,24)/t19-/m0/s1. The van der Waals surface area contributed by atoms with Crippen molar-refractivity contribution >= 4 is 46.6 Å². The molecule has 5 heteroatoms. The van der Waals surface area contributed by atoms with Crippen LogP contribution in [0.2, 0.25) is 10.0 Å². The van der Waals surface area contributed by atoms with Gasteiger partial charge in [-0.05, 0) is 29.8 Å². The van der Waals surface area contributed by atoms with Gasteiger partial charge in [-0.2, -0.15) is 0 Å². The predicted molar refractivity (Wildman–Crippen MR) is 107 cm³/mol. The number of carbonyl (C=O) groups excluding carboxylic acids is 1. The summed E-state index contributed by atoms with van der Waals surface area (Å²) >= 11 is 13.7. The number of carbonyl (C=O) groups is 1. The highest BCUT2D eigenvalue weighted by Gasteiger charge is 2.23. The number of benzene rings is 3. The van der Waals surface area contributed by atoms with Gasteiger partial charge < -0.3 is 5.32 Å². The van der Waals surface area contributed by atoms with Gasteiger partial charge in [-0.25, -0.2) is 0 Å². The summed E-state index contributed by atoms with van der Waals surface area (Å²) < 4.78 is 0. The Bertz CT molecular complexity index is 856. The molecular weight excluding hydrogens is 373 g/mol. The molecule has 0 saturated heterocycles. The molecule has 2 nitrogen and oxygen atoms in total. The van der Waals surface area contributed by atoms with E-state index in [-0.39, 0.29) is 5.91 Å². The highest BCUT2D eigenvalue weighted by Crippen LogP contribution is 2.37. The van der Waals surface area contributed by atoms with E-state index >= 15 is 0 Å². The highest BCUT2D eigenvalue weighted by molar-refractivity contribution is 8.00. The van der Waals surface area contributed by atoms with Crippen LogP contribution in [-0.2, 0) is 4.79 Å². The molecule has 0 aromatic heterocycles. The van der Waals surface area contributed by atoms with Gasteiger partial charge in [-0.3, -0.25) is 4.79 Å². The van der Waals surface area contributed by atoms with Crippen molar-refractivity contribution in [2.24, 2.45) is 0 Å². The van der Waals surface area contributed by atoms with Crippen LogP contribution < -0.4 is 5.32 Å². The van der Waals surface area contributed by atoms with E-state index in [4.69, 9.17) is 23.2 Å². The van der Waals surface area contributed by atoms with Crippen LogP contribution in [0.15, 0.2) is 83.8 Å². The Morgan fingerprint density at radius 1 is 0.840 bits per heavy atom. The maximum atomic E-state index is 12.9. The van der Waals surface area contributed by atoms with Gasteiger partial charge in [0, 0.05) is 4.90 Å². The second-order valence-electron chi connectivity index (χ2n) is 5.31. The zero-order chi connectivity index (χ0) is 17.6. The summed E-state index contributed by atoms with van der Waals surface area (Å²) in [7, 11) is 0. The number of nitrogens with one attached hydrogen (secondary N) is 1. The Balaban J connectivity index is 1.88. The first-order chi connectivity index (χ1) is 12.1. The van der Waals surface area contributed by atoms with Gasteiger partial charge in [0.1, 0.15) is 5.25 Å². The Hall–Kier alpha value is -1.94. The molecule has 0 fully saturated rings. The van der Waals surface area contributed by atoms with Gasteiger partial charge in [-0.15, -0.1) is 11.8 Å². The number of anilines is 1. The Labute approximate surface area is 161 Å². The van der Waals surface area contributed by atoms with E-state index in [9.17, 15) is 4.79 Å². The number of hydrogen-bond acceptors (Lipinski definition) is 2. The van der Waals surface area contributed by atoms with Gasteiger partial charge in [0.25, 0.3) is 0 Å². The fraction of sp³-hybridized carbons (Fsp3) is 0.0500. The molecule has 25 heavy (non-hydrogen) atoms. The van der Waals surface area contributed by atoms with Gasteiger partial charge in [0.15, 0.2) is 0 Å². The molecule has 0 aliphatic heterocycles. The van der Waals surface area contributed by atoms with Crippen LogP contribution in [-0.4, -0.2) is 5.91 Å². The van der Waals surface area contributed by atoms with E-state index in [1.807, 2.05) is 60.7 Å². The topological polar surface area (TPSA) is 29.1 Å². The summed E-state index contributed by atoms with van der Waals surface area (Å²) in [6.45, 7) is 0. The normalized spacial score (nSPS) is 11.8. The van der Waals surface area contributed by atoms with Crippen LogP contribution in [0.4, 0.5) is 5.69 Å². The molecule has 0 spiro atoms. The summed E-state index contributed by atoms with van der Waals surface area (Å²) in [6, 6.07) is 24.7. The van der Waals surface area contributed by atoms with Crippen LogP contribution in [0.3, 0.4) is 0 Å². The van der Waals surface area contributed by atoms with Gasteiger partial charge in [0.2, 0.25) is 5.91 Å². The van der Waals surface area contributed by atoms with Crippen molar-refractivity contribution < 1.29 is 4.79 Å². The fourth-order valence-corrected chi connectivity index (χ4v) is 3.73. The summed E-state index contributed by atoms with van der Waals surface area (Å²) in [4.78, 5) is 14.0. The maximum absolute atomic E-state index is 12.9.